The summed E-state index contributed by atoms with van der Waals surface area (Å²) in [7, 11) is 0. The summed E-state index contributed by atoms with van der Waals surface area (Å²) >= 11 is 1.40. The van der Waals surface area contributed by atoms with Crippen molar-refractivity contribution in [3.63, 3.8) is 0 Å². The van der Waals surface area contributed by atoms with E-state index in [9.17, 15) is 4.79 Å². The largest absolute Gasteiger partial charge is 0.370 e. The number of anilines is 1. The molecule has 2 N–H and O–H groups in total. The van der Waals surface area contributed by atoms with E-state index in [-0.39, 0.29) is 5.91 Å². The van der Waals surface area contributed by atoms with E-state index >= 15 is 0 Å². The summed E-state index contributed by atoms with van der Waals surface area (Å²) in [6, 6.07) is 7.94. The third-order valence-electron chi connectivity index (χ3n) is 4.57. The molecule has 1 saturated carbocycles. The summed E-state index contributed by atoms with van der Waals surface area (Å²) < 4.78 is 0. The summed E-state index contributed by atoms with van der Waals surface area (Å²) in [6.45, 7) is 3.65. The summed E-state index contributed by atoms with van der Waals surface area (Å²) in [4.78, 5) is 21.3. The van der Waals surface area contributed by atoms with Gasteiger partial charge in [-0.15, -0.1) is 0 Å². The van der Waals surface area contributed by atoms with Gasteiger partial charge in [0.15, 0.2) is 5.16 Å². The number of hydrogen-bond donors (Lipinski definition) is 2. The molecule has 1 heterocycles. The number of para-hydroxylation sites is 1. The molecule has 0 unspecified atom stereocenters. The molecule has 0 bridgehead atoms. The zero-order valence-electron chi connectivity index (χ0n) is 14.8. The Bertz CT molecular complexity index is 716. The molecule has 0 aliphatic heterocycles. The molecule has 2 aromatic rings. The highest BCUT2D eigenvalue weighted by atomic mass is 32.2. The molecule has 0 radical (unpaired) electrons. The molecule has 6 heteroatoms. The van der Waals surface area contributed by atoms with Crippen LogP contribution in [-0.4, -0.2) is 34.7 Å². The number of thioether (sulfide) groups is 1. The molecule has 1 aromatic carbocycles. The van der Waals surface area contributed by atoms with Crippen LogP contribution in [0.2, 0.25) is 0 Å². The monoisotopic (exact) mass is 358 g/mol. The smallest absolute Gasteiger partial charge is 0.230 e. The lowest BCUT2D eigenvalue weighted by Gasteiger charge is -2.21. The summed E-state index contributed by atoms with van der Waals surface area (Å²) in [5.74, 6) is 1.91. The number of carbonyl (C=O) groups excluding carboxylic acids is 1. The third kappa shape index (κ3) is 5.08. The van der Waals surface area contributed by atoms with Gasteiger partial charge in [-0.1, -0.05) is 43.2 Å². The van der Waals surface area contributed by atoms with E-state index in [0.717, 1.165) is 29.8 Å². The van der Waals surface area contributed by atoms with Crippen molar-refractivity contribution in [1.29, 1.82) is 0 Å². The number of benzene rings is 1. The third-order valence-corrected chi connectivity index (χ3v) is 5.42. The molecule has 1 fully saturated rings. The van der Waals surface area contributed by atoms with Crippen LogP contribution >= 0.6 is 11.8 Å². The second-order valence-electron chi connectivity index (χ2n) is 6.50. The van der Waals surface area contributed by atoms with E-state index in [0.29, 0.717) is 16.8 Å². The van der Waals surface area contributed by atoms with E-state index in [1.807, 2.05) is 31.2 Å². The van der Waals surface area contributed by atoms with Crippen molar-refractivity contribution in [1.82, 2.24) is 15.3 Å². The average molecular weight is 359 g/mol. The van der Waals surface area contributed by atoms with Crippen molar-refractivity contribution in [3.8, 4) is 0 Å². The Morgan fingerprint density at radius 3 is 2.80 bits per heavy atom. The van der Waals surface area contributed by atoms with E-state index in [4.69, 9.17) is 0 Å². The Kier molecular flexibility index (Phi) is 6.50. The fraction of sp³-hybridized carbons (Fsp3) is 0.526. The molecule has 1 aliphatic rings. The van der Waals surface area contributed by atoms with Gasteiger partial charge in [-0.2, -0.15) is 0 Å². The molecule has 0 saturated heterocycles. The quantitative estimate of drug-likeness (QED) is 0.581. The van der Waals surface area contributed by atoms with Gasteiger partial charge in [0.2, 0.25) is 5.91 Å². The molecule has 5 nitrogen and oxygen atoms in total. The fourth-order valence-electron chi connectivity index (χ4n) is 3.25. The standard InChI is InChI=1S/C19H26N4OS/c1-2-20-18-15-10-6-7-11-16(15)22-19(23-18)25-13-17(24)21-12-14-8-4-3-5-9-14/h6-7,10-11,14H,2-5,8-9,12-13H2,1H3,(H,21,24)(H,20,22,23). The predicted octanol–water partition coefficient (Wildman–Crippen LogP) is 3.85. The van der Waals surface area contributed by atoms with Crippen molar-refractivity contribution in [2.75, 3.05) is 24.2 Å². The highest BCUT2D eigenvalue weighted by molar-refractivity contribution is 7.99. The van der Waals surface area contributed by atoms with E-state index < -0.39 is 0 Å². The minimum Gasteiger partial charge on any atom is -0.370 e. The van der Waals surface area contributed by atoms with Gasteiger partial charge in [-0.25, -0.2) is 9.97 Å². The SMILES string of the molecule is CCNc1nc(SCC(=O)NCC2CCCCC2)nc2ccccc12. The number of aromatic nitrogens is 2. The lowest BCUT2D eigenvalue weighted by atomic mass is 9.89. The Labute approximate surface area is 153 Å². The molecule has 25 heavy (non-hydrogen) atoms. The number of amides is 1. The van der Waals surface area contributed by atoms with Gasteiger partial charge in [0.25, 0.3) is 0 Å². The van der Waals surface area contributed by atoms with Crippen molar-refractivity contribution in [3.05, 3.63) is 24.3 Å². The zero-order chi connectivity index (χ0) is 17.5. The van der Waals surface area contributed by atoms with Gasteiger partial charge in [-0.3, -0.25) is 4.79 Å². The topological polar surface area (TPSA) is 66.9 Å². The van der Waals surface area contributed by atoms with Gasteiger partial charge in [0, 0.05) is 18.5 Å². The fourth-order valence-corrected chi connectivity index (χ4v) is 3.93. The van der Waals surface area contributed by atoms with Gasteiger partial charge >= 0.3 is 0 Å². The highest BCUT2D eigenvalue weighted by Gasteiger charge is 2.15. The van der Waals surface area contributed by atoms with Crippen LogP contribution in [0.4, 0.5) is 5.82 Å². The Morgan fingerprint density at radius 1 is 1.20 bits per heavy atom. The van der Waals surface area contributed by atoms with E-state index in [1.54, 1.807) is 0 Å². The van der Waals surface area contributed by atoms with Crippen LogP contribution in [0.3, 0.4) is 0 Å². The first kappa shape index (κ1) is 18.0. The van der Waals surface area contributed by atoms with Crippen LogP contribution < -0.4 is 10.6 Å². The van der Waals surface area contributed by atoms with Gasteiger partial charge in [-0.05, 0) is 37.8 Å². The molecule has 1 amide bonds. The Morgan fingerprint density at radius 2 is 2.00 bits per heavy atom. The number of nitrogens with one attached hydrogen (secondary N) is 2. The van der Waals surface area contributed by atoms with E-state index in [2.05, 4.69) is 20.6 Å². The molecule has 0 atom stereocenters. The molecule has 0 spiro atoms. The predicted molar refractivity (Wildman–Crippen MR) is 104 cm³/mol. The Hall–Kier alpha value is -1.82. The minimum atomic E-state index is 0.0670. The maximum atomic E-state index is 12.1. The number of carbonyl (C=O) groups is 1. The van der Waals surface area contributed by atoms with Gasteiger partial charge in [0.1, 0.15) is 5.82 Å². The van der Waals surface area contributed by atoms with Gasteiger partial charge < -0.3 is 10.6 Å². The second-order valence-corrected chi connectivity index (χ2v) is 7.44. The maximum absolute atomic E-state index is 12.1. The first-order valence-electron chi connectivity index (χ1n) is 9.16. The van der Waals surface area contributed by atoms with Crippen LogP contribution in [0.15, 0.2) is 29.4 Å². The lowest BCUT2D eigenvalue weighted by molar-refractivity contribution is -0.118. The van der Waals surface area contributed by atoms with Gasteiger partial charge in [0.05, 0.1) is 11.3 Å². The Balaban J connectivity index is 1.57. The second kappa shape index (κ2) is 9.04. The molecule has 1 aliphatic carbocycles. The normalized spacial score (nSPS) is 15.2. The molecule has 134 valence electrons. The highest BCUT2D eigenvalue weighted by Crippen LogP contribution is 2.25. The maximum Gasteiger partial charge on any atom is 0.230 e. The molecular weight excluding hydrogens is 332 g/mol. The lowest BCUT2D eigenvalue weighted by Crippen LogP contribution is -2.31. The van der Waals surface area contributed by atoms with Crippen molar-refractivity contribution < 1.29 is 4.79 Å². The van der Waals surface area contributed by atoms with E-state index in [1.165, 1.54) is 43.9 Å². The first-order chi connectivity index (χ1) is 12.3. The number of fused-ring (bicyclic) bond motifs is 1. The van der Waals surface area contributed by atoms with Crippen molar-refractivity contribution >= 4 is 34.4 Å². The summed E-state index contributed by atoms with van der Waals surface area (Å²) in [5, 5.41) is 8.00. The van der Waals surface area contributed by atoms with Crippen LogP contribution in [0.5, 0.6) is 0 Å². The van der Waals surface area contributed by atoms with Crippen LogP contribution in [0.25, 0.3) is 10.9 Å². The van der Waals surface area contributed by atoms with Crippen LogP contribution in [-0.2, 0) is 4.79 Å². The molecule has 1 aromatic heterocycles. The van der Waals surface area contributed by atoms with Crippen molar-refractivity contribution in [2.24, 2.45) is 5.92 Å². The minimum absolute atomic E-state index is 0.0670. The molecule has 3 rings (SSSR count). The van der Waals surface area contributed by atoms with Crippen molar-refractivity contribution in [2.45, 2.75) is 44.2 Å². The number of hydrogen-bond acceptors (Lipinski definition) is 5. The zero-order valence-corrected chi connectivity index (χ0v) is 15.6. The van der Waals surface area contributed by atoms with Crippen LogP contribution in [0.1, 0.15) is 39.0 Å². The number of rotatable bonds is 7. The summed E-state index contributed by atoms with van der Waals surface area (Å²) in [5.41, 5.74) is 0.901. The summed E-state index contributed by atoms with van der Waals surface area (Å²) in [6.07, 6.45) is 6.43. The molecular formula is C19H26N4OS. The first-order valence-corrected chi connectivity index (χ1v) is 10.1. The number of nitrogens with zero attached hydrogens (tertiary/aromatic N) is 2. The average Bonchev–Trinajstić information content (AvgIpc) is 2.66. The van der Waals surface area contributed by atoms with Crippen LogP contribution in [0, 0.1) is 5.92 Å².